The first-order valence-electron chi connectivity index (χ1n) is 8.96. The number of sulfonamides is 1. The molecule has 1 heterocycles. The van der Waals surface area contributed by atoms with Crippen molar-refractivity contribution < 1.29 is 30.9 Å². The van der Waals surface area contributed by atoms with Gasteiger partial charge >= 0.3 is 0 Å². The monoisotopic (exact) mass is 513 g/mol. The van der Waals surface area contributed by atoms with Crippen LogP contribution in [0.2, 0.25) is 5.02 Å². The Morgan fingerprint density at radius 3 is 2.27 bits per heavy atom. The number of pyridine rings is 1. The van der Waals surface area contributed by atoms with E-state index >= 15 is 0 Å². The number of nitrogens with two attached hydrogens (primary N) is 1. The highest BCUT2D eigenvalue weighted by molar-refractivity contribution is 7.92. The summed E-state index contributed by atoms with van der Waals surface area (Å²) in [6, 6.07) is 13.8. The summed E-state index contributed by atoms with van der Waals surface area (Å²) in [4.78, 5) is 14.4. The average molecular weight is 514 g/mol. The van der Waals surface area contributed by atoms with Crippen molar-refractivity contribution in [3.8, 4) is 17.0 Å². The van der Waals surface area contributed by atoms with Crippen molar-refractivity contribution in [1.29, 1.82) is 0 Å². The van der Waals surface area contributed by atoms with E-state index in [9.17, 15) is 21.6 Å². The zero-order valence-electron chi connectivity index (χ0n) is 17.4. The van der Waals surface area contributed by atoms with Crippen molar-refractivity contribution in [2.75, 3.05) is 18.1 Å². The maximum atomic E-state index is 11.3. The molecule has 13 heteroatoms. The maximum Gasteiger partial charge on any atom is 0.296 e. The van der Waals surface area contributed by atoms with Crippen LogP contribution in [-0.2, 0) is 20.1 Å². The molecular formula is C20H20ClN3O7S2. The van der Waals surface area contributed by atoms with Crippen molar-refractivity contribution in [1.82, 2.24) is 4.98 Å². The Hall–Kier alpha value is -3.19. The molecule has 0 fully saturated rings. The number of aromatic nitrogens is 1. The second-order valence-electron chi connectivity index (χ2n) is 6.48. The number of hydrogen-bond acceptors (Lipinski definition) is 7. The molecule has 0 aliphatic rings. The van der Waals surface area contributed by atoms with E-state index < -0.39 is 26.0 Å². The highest BCUT2D eigenvalue weighted by atomic mass is 35.5. The van der Waals surface area contributed by atoms with Crippen LogP contribution in [0.25, 0.3) is 11.3 Å². The molecule has 3 rings (SSSR count). The van der Waals surface area contributed by atoms with Gasteiger partial charge in [0.1, 0.15) is 10.6 Å². The first-order valence-corrected chi connectivity index (χ1v) is 12.7. The Bertz CT molecular complexity index is 1360. The van der Waals surface area contributed by atoms with Crippen LogP contribution in [0.5, 0.6) is 5.75 Å². The summed E-state index contributed by atoms with van der Waals surface area (Å²) >= 11 is 5.67. The molecule has 3 aromatic rings. The van der Waals surface area contributed by atoms with Gasteiger partial charge in [0.15, 0.2) is 0 Å². The minimum absolute atomic E-state index is 0.326. The van der Waals surface area contributed by atoms with Gasteiger partial charge in [-0.25, -0.2) is 8.42 Å². The number of primary amides is 1. The molecule has 0 bridgehead atoms. The number of hydrogen-bond donors (Lipinski definition) is 3. The summed E-state index contributed by atoms with van der Waals surface area (Å²) in [5.74, 6) is -0.126. The van der Waals surface area contributed by atoms with E-state index in [2.05, 4.69) is 9.71 Å². The molecule has 0 aliphatic carbocycles. The molecule has 4 N–H and O–H groups in total. The molecule has 0 saturated carbocycles. The van der Waals surface area contributed by atoms with E-state index in [-0.39, 0.29) is 4.90 Å². The van der Waals surface area contributed by atoms with Crippen LogP contribution in [0.1, 0.15) is 10.4 Å². The zero-order valence-corrected chi connectivity index (χ0v) is 19.8. The number of nitrogens with one attached hydrogen (secondary N) is 1. The van der Waals surface area contributed by atoms with Gasteiger partial charge < -0.3 is 10.5 Å². The second-order valence-corrected chi connectivity index (χ2v) is 10.1. The Morgan fingerprint density at radius 2 is 1.76 bits per heavy atom. The lowest BCUT2D eigenvalue weighted by Crippen LogP contribution is -2.12. The highest BCUT2D eigenvalue weighted by Gasteiger charge is 2.13. The third-order valence-corrected chi connectivity index (χ3v) is 5.62. The summed E-state index contributed by atoms with van der Waals surface area (Å²) in [5, 5.41) is 0.511. The van der Waals surface area contributed by atoms with Crippen LogP contribution < -0.4 is 15.2 Å². The zero-order chi connectivity index (χ0) is 24.8. The lowest BCUT2D eigenvalue weighted by molar-refractivity contribution is 0.0997. The third kappa shape index (κ3) is 7.71. The molecule has 0 spiro atoms. The number of benzene rings is 2. The van der Waals surface area contributed by atoms with Crippen molar-refractivity contribution in [3.63, 3.8) is 0 Å². The minimum atomic E-state index is -4.31. The first-order chi connectivity index (χ1) is 15.3. The number of halogens is 1. The fraction of sp³-hybridized carbons (Fsp3) is 0.100. The molecular weight excluding hydrogens is 494 g/mol. The number of para-hydroxylation sites is 1. The fourth-order valence-corrected chi connectivity index (χ4v) is 3.72. The largest absolute Gasteiger partial charge is 0.496 e. The van der Waals surface area contributed by atoms with Gasteiger partial charge in [-0.1, -0.05) is 29.8 Å². The van der Waals surface area contributed by atoms with E-state index in [1.807, 2.05) is 0 Å². The van der Waals surface area contributed by atoms with E-state index in [1.54, 1.807) is 36.4 Å². The van der Waals surface area contributed by atoms with Gasteiger partial charge in [0, 0.05) is 16.8 Å². The van der Waals surface area contributed by atoms with Gasteiger partial charge in [0.2, 0.25) is 10.0 Å². The second kappa shape index (κ2) is 10.6. The third-order valence-electron chi connectivity index (χ3n) is 3.96. The van der Waals surface area contributed by atoms with Crippen molar-refractivity contribution in [2.24, 2.45) is 5.73 Å². The van der Waals surface area contributed by atoms with Crippen LogP contribution in [0.4, 0.5) is 5.69 Å². The van der Waals surface area contributed by atoms with Gasteiger partial charge in [0.25, 0.3) is 16.0 Å². The normalized spacial score (nSPS) is 11.2. The van der Waals surface area contributed by atoms with E-state index in [0.29, 0.717) is 33.3 Å². The SMILES string of the molecule is COc1cc(Cl)ccc1C(N)=O.CS(=O)(=O)Nc1ccccc1-c1ccc(S(=O)(=O)O)cn1. The number of anilines is 1. The molecule has 176 valence electrons. The van der Waals surface area contributed by atoms with Crippen LogP contribution in [0, 0.1) is 0 Å². The quantitative estimate of drug-likeness (QED) is 0.423. The van der Waals surface area contributed by atoms with Crippen LogP contribution >= 0.6 is 11.6 Å². The van der Waals surface area contributed by atoms with Gasteiger partial charge in [-0.05, 0) is 36.4 Å². The standard InChI is InChI=1S/C12H12N2O5S2.C8H8ClNO2/c1-20(15,16)14-12-5-3-2-4-10(12)11-7-6-9(8-13-11)21(17,18)19;1-12-7-4-5(9)2-3-6(7)8(10)11/h2-8,14H,1H3,(H,17,18,19);2-4H,1H3,(H2,10,11). The van der Waals surface area contributed by atoms with Gasteiger partial charge in [0.05, 0.1) is 30.3 Å². The topological polar surface area (TPSA) is 166 Å². The number of rotatable bonds is 6. The molecule has 1 amide bonds. The van der Waals surface area contributed by atoms with E-state index in [4.69, 9.17) is 26.6 Å². The predicted molar refractivity (Wildman–Crippen MR) is 124 cm³/mol. The molecule has 0 atom stereocenters. The van der Waals surface area contributed by atoms with Crippen molar-refractivity contribution in [3.05, 3.63) is 71.4 Å². The van der Waals surface area contributed by atoms with Crippen LogP contribution in [0.15, 0.2) is 65.7 Å². The highest BCUT2D eigenvalue weighted by Crippen LogP contribution is 2.27. The average Bonchev–Trinajstić information content (AvgIpc) is 2.72. The Labute approximate surface area is 196 Å². The summed E-state index contributed by atoms with van der Waals surface area (Å²) in [6.45, 7) is 0. The molecule has 33 heavy (non-hydrogen) atoms. The molecule has 0 unspecified atom stereocenters. The Balaban J connectivity index is 0.000000273. The van der Waals surface area contributed by atoms with Gasteiger partial charge in [-0.2, -0.15) is 8.42 Å². The molecule has 0 saturated heterocycles. The summed E-state index contributed by atoms with van der Waals surface area (Å²) in [5.41, 5.74) is 6.60. The van der Waals surface area contributed by atoms with Crippen molar-refractivity contribution >= 4 is 43.3 Å². The first kappa shape index (κ1) is 26.1. The van der Waals surface area contributed by atoms with Gasteiger partial charge in [-0.3, -0.25) is 19.1 Å². The number of methoxy groups -OCH3 is 1. The summed E-state index contributed by atoms with van der Waals surface area (Å²) in [6.07, 6.45) is 2.03. The molecule has 10 nitrogen and oxygen atoms in total. The smallest absolute Gasteiger partial charge is 0.296 e. The van der Waals surface area contributed by atoms with Crippen LogP contribution in [-0.4, -0.2) is 45.6 Å². The van der Waals surface area contributed by atoms with E-state index in [1.165, 1.54) is 25.3 Å². The number of amides is 1. The molecule has 0 radical (unpaired) electrons. The number of carbonyl (C=O) groups is 1. The minimum Gasteiger partial charge on any atom is -0.496 e. The summed E-state index contributed by atoms with van der Waals surface area (Å²) < 4.78 is 60.7. The molecule has 0 aliphatic heterocycles. The van der Waals surface area contributed by atoms with E-state index in [0.717, 1.165) is 12.5 Å². The molecule has 1 aromatic heterocycles. The Morgan fingerprint density at radius 1 is 1.09 bits per heavy atom. The number of carbonyl (C=O) groups excluding carboxylic acids is 1. The van der Waals surface area contributed by atoms with Crippen molar-refractivity contribution in [2.45, 2.75) is 4.90 Å². The lowest BCUT2D eigenvalue weighted by atomic mass is 10.1. The lowest BCUT2D eigenvalue weighted by Gasteiger charge is -2.10. The maximum absolute atomic E-state index is 11.3. The fourth-order valence-electron chi connectivity index (χ4n) is 2.56. The molecule has 2 aromatic carbocycles. The number of ether oxygens (including phenoxy) is 1. The number of nitrogens with zero attached hydrogens (tertiary/aromatic N) is 1. The van der Waals surface area contributed by atoms with Crippen LogP contribution in [0.3, 0.4) is 0 Å². The predicted octanol–water partition coefficient (Wildman–Crippen LogP) is 2.81. The Kier molecular flexibility index (Phi) is 8.39. The summed E-state index contributed by atoms with van der Waals surface area (Å²) in [7, 11) is -6.31. The van der Waals surface area contributed by atoms with Gasteiger partial charge in [-0.15, -0.1) is 0 Å².